The maximum atomic E-state index is 15.2. The molecule has 0 aliphatic carbocycles. The molecule has 1 amide bonds. The van der Waals surface area contributed by atoms with E-state index in [2.05, 4.69) is 38.5 Å². The molecule has 10 nitrogen and oxygen atoms in total. The van der Waals surface area contributed by atoms with E-state index in [1.165, 1.54) is 18.7 Å². The Labute approximate surface area is 210 Å². The molecule has 4 aromatic rings. The van der Waals surface area contributed by atoms with Crippen molar-refractivity contribution < 1.29 is 13.9 Å². The van der Waals surface area contributed by atoms with Gasteiger partial charge in [0.05, 0.1) is 46.5 Å². The largest absolute Gasteiger partial charge is 0.383 e. The van der Waals surface area contributed by atoms with Crippen LogP contribution in [-0.2, 0) is 16.6 Å². The number of nitrogens with two attached hydrogens (primary N) is 1. The highest BCUT2D eigenvalue weighted by atomic mass is 35.5. The number of hydrogen-bond acceptors (Lipinski definition) is 7. The first kappa shape index (κ1) is 23.7. The van der Waals surface area contributed by atoms with Crippen molar-refractivity contribution in [2.45, 2.75) is 18.5 Å². The molecule has 1 aromatic carbocycles. The predicted octanol–water partition coefficient (Wildman–Crippen LogP) is 2.46. The highest BCUT2D eigenvalue weighted by Gasteiger charge is 2.37. The molecule has 1 aliphatic heterocycles. The van der Waals surface area contributed by atoms with Gasteiger partial charge in [-0.05, 0) is 24.5 Å². The minimum absolute atomic E-state index is 0.00441. The van der Waals surface area contributed by atoms with Gasteiger partial charge >= 0.3 is 0 Å². The maximum absolute atomic E-state index is 15.2. The molecule has 0 spiro atoms. The standard InChI is InChI=1S/C24H22ClFN8O2/c1-4-19(35)33-9-13(7-14(33)10-36-3)34-24-20(23(27)28-11-29-24)17(31-34)6-5-15-16(25)8-18-22(21(15)26)30-12-32(18)2/h4,8,11-14H,1,7,9-10H2,2-3H3,(H2,27,28,29)/t13-,14+/m0/s1. The Morgan fingerprint density at radius 1 is 1.39 bits per heavy atom. The third-order valence-corrected chi connectivity index (χ3v) is 6.59. The number of carbonyl (C=O) groups excluding carboxylic acids is 1. The number of methoxy groups -OCH3 is 1. The van der Waals surface area contributed by atoms with Gasteiger partial charge in [0.1, 0.15) is 23.4 Å². The van der Waals surface area contributed by atoms with Gasteiger partial charge in [0.2, 0.25) is 5.91 Å². The normalized spacial score (nSPS) is 17.5. The fourth-order valence-electron chi connectivity index (χ4n) is 4.57. The molecule has 2 N–H and O–H groups in total. The first-order chi connectivity index (χ1) is 17.3. The summed E-state index contributed by atoms with van der Waals surface area (Å²) in [5.41, 5.74) is 7.64. The lowest BCUT2D eigenvalue weighted by Gasteiger charge is -2.22. The molecule has 12 heteroatoms. The van der Waals surface area contributed by atoms with Crippen molar-refractivity contribution in [3.63, 3.8) is 0 Å². The van der Waals surface area contributed by atoms with E-state index in [1.807, 2.05) is 0 Å². The van der Waals surface area contributed by atoms with E-state index in [0.717, 1.165) is 0 Å². The monoisotopic (exact) mass is 508 g/mol. The van der Waals surface area contributed by atoms with Crippen LogP contribution in [0.3, 0.4) is 0 Å². The number of ether oxygens (including phenoxy) is 1. The number of carbonyl (C=O) groups is 1. The number of amides is 1. The average molecular weight is 509 g/mol. The van der Waals surface area contributed by atoms with Crippen molar-refractivity contribution in [2.75, 3.05) is 26.0 Å². The second kappa shape index (κ2) is 9.22. The number of fused-ring (bicyclic) bond motifs is 2. The molecule has 0 radical (unpaired) electrons. The van der Waals surface area contributed by atoms with Crippen LogP contribution >= 0.6 is 11.6 Å². The van der Waals surface area contributed by atoms with E-state index in [4.69, 9.17) is 22.1 Å². The fourth-order valence-corrected chi connectivity index (χ4v) is 4.81. The van der Waals surface area contributed by atoms with Gasteiger partial charge in [0.15, 0.2) is 11.5 Å². The fraction of sp³-hybridized carbons (Fsp3) is 0.292. The first-order valence-electron chi connectivity index (χ1n) is 11.1. The molecule has 3 aromatic heterocycles. The lowest BCUT2D eigenvalue weighted by atomic mass is 10.1. The second-order valence-corrected chi connectivity index (χ2v) is 8.87. The lowest BCUT2D eigenvalue weighted by molar-refractivity contribution is -0.127. The Balaban J connectivity index is 1.59. The zero-order chi connectivity index (χ0) is 25.6. The van der Waals surface area contributed by atoms with Crippen molar-refractivity contribution >= 4 is 45.4 Å². The number of anilines is 1. The van der Waals surface area contributed by atoms with E-state index >= 15 is 4.39 Å². The molecule has 1 aliphatic rings. The summed E-state index contributed by atoms with van der Waals surface area (Å²) in [6.45, 7) is 4.34. The molecule has 5 rings (SSSR count). The summed E-state index contributed by atoms with van der Waals surface area (Å²) in [6, 6.07) is 1.24. The second-order valence-electron chi connectivity index (χ2n) is 8.46. The Kier molecular flexibility index (Phi) is 6.07. The summed E-state index contributed by atoms with van der Waals surface area (Å²) >= 11 is 6.35. The summed E-state index contributed by atoms with van der Waals surface area (Å²) in [6.07, 6.45) is 4.71. The molecule has 2 atom stereocenters. The third kappa shape index (κ3) is 3.84. The number of nitrogens with zero attached hydrogens (tertiary/aromatic N) is 7. The molecule has 0 bridgehead atoms. The number of benzene rings is 1. The van der Waals surface area contributed by atoms with Gasteiger partial charge < -0.3 is 19.9 Å². The van der Waals surface area contributed by atoms with E-state index in [0.29, 0.717) is 36.1 Å². The van der Waals surface area contributed by atoms with Crippen LogP contribution in [0.15, 0.2) is 31.4 Å². The predicted molar refractivity (Wildman–Crippen MR) is 133 cm³/mol. The number of aryl methyl sites for hydroxylation is 1. The molecule has 36 heavy (non-hydrogen) atoms. The molecule has 1 fully saturated rings. The zero-order valence-electron chi connectivity index (χ0n) is 19.6. The average Bonchev–Trinajstić information content (AvgIpc) is 3.55. The first-order valence-corrected chi connectivity index (χ1v) is 11.4. The van der Waals surface area contributed by atoms with Gasteiger partial charge in [-0.1, -0.05) is 24.1 Å². The molecule has 4 heterocycles. The van der Waals surface area contributed by atoms with Gasteiger partial charge in [0, 0.05) is 20.7 Å². The third-order valence-electron chi connectivity index (χ3n) is 6.29. The van der Waals surface area contributed by atoms with Crippen LogP contribution in [0.2, 0.25) is 5.02 Å². The van der Waals surface area contributed by atoms with Crippen LogP contribution in [0.4, 0.5) is 10.2 Å². The van der Waals surface area contributed by atoms with E-state index in [-0.39, 0.29) is 45.6 Å². The van der Waals surface area contributed by atoms with Crippen molar-refractivity contribution in [3.8, 4) is 11.8 Å². The maximum Gasteiger partial charge on any atom is 0.246 e. The number of rotatable bonds is 4. The Hall–Kier alpha value is -4.01. The highest BCUT2D eigenvalue weighted by molar-refractivity contribution is 6.32. The van der Waals surface area contributed by atoms with Crippen LogP contribution in [0.5, 0.6) is 0 Å². The summed E-state index contributed by atoms with van der Waals surface area (Å²) in [5, 5.41) is 5.25. The van der Waals surface area contributed by atoms with Crippen molar-refractivity contribution in [1.29, 1.82) is 0 Å². The number of nitrogen functional groups attached to an aromatic ring is 1. The van der Waals surface area contributed by atoms with Crippen LogP contribution < -0.4 is 5.73 Å². The minimum atomic E-state index is -0.615. The summed E-state index contributed by atoms with van der Waals surface area (Å²) in [5.74, 6) is 5.08. The van der Waals surface area contributed by atoms with Crippen LogP contribution in [0, 0.1) is 17.7 Å². The summed E-state index contributed by atoms with van der Waals surface area (Å²) < 4.78 is 23.8. The minimum Gasteiger partial charge on any atom is -0.383 e. The zero-order valence-corrected chi connectivity index (χ0v) is 20.3. The lowest BCUT2D eigenvalue weighted by Crippen LogP contribution is -2.37. The van der Waals surface area contributed by atoms with Gasteiger partial charge in [-0.2, -0.15) is 5.10 Å². The summed E-state index contributed by atoms with van der Waals surface area (Å²) in [7, 11) is 3.34. The van der Waals surface area contributed by atoms with Crippen LogP contribution in [-0.4, -0.2) is 66.4 Å². The van der Waals surface area contributed by atoms with Gasteiger partial charge in [-0.15, -0.1) is 0 Å². The number of likely N-dealkylation sites (tertiary alicyclic amines) is 1. The molecular formula is C24H22ClFN8O2. The summed E-state index contributed by atoms with van der Waals surface area (Å²) in [4.78, 5) is 26.7. The molecule has 1 saturated heterocycles. The van der Waals surface area contributed by atoms with Crippen molar-refractivity contribution in [1.82, 2.24) is 34.2 Å². The Morgan fingerprint density at radius 2 is 2.19 bits per heavy atom. The molecular weight excluding hydrogens is 487 g/mol. The highest BCUT2D eigenvalue weighted by Crippen LogP contribution is 2.32. The van der Waals surface area contributed by atoms with Crippen molar-refractivity contribution in [2.24, 2.45) is 7.05 Å². The van der Waals surface area contributed by atoms with Crippen LogP contribution in [0.25, 0.3) is 22.1 Å². The number of imidazole rings is 1. The van der Waals surface area contributed by atoms with E-state index in [1.54, 1.807) is 34.4 Å². The van der Waals surface area contributed by atoms with Gasteiger partial charge in [-0.25, -0.2) is 24.0 Å². The topological polar surface area (TPSA) is 117 Å². The smallest absolute Gasteiger partial charge is 0.246 e. The Bertz CT molecular complexity index is 1580. The van der Waals surface area contributed by atoms with E-state index in [9.17, 15) is 4.79 Å². The number of hydrogen-bond donors (Lipinski definition) is 1. The molecule has 184 valence electrons. The van der Waals surface area contributed by atoms with Gasteiger partial charge in [0.25, 0.3) is 0 Å². The number of aromatic nitrogens is 6. The number of halogens is 2. The van der Waals surface area contributed by atoms with Gasteiger partial charge in [-0.3, -0.25) is 4.79 Å². The van der Waals surface area contributed by atoms with E-state index < -0.39 is 5.82 Å². The van der Waals surface area contributed by atoms with Crippen LogP contribution in [0.1, 0.15) is 23.7 Å². The Morgan fingerprint density at radius 3 is 2.94 bits per heavy atom. The molecule has 0 unspecified atom stereocenters. The molecule has 0 saturated carbocycles. The van der Waals surface area contributed by atoms with Crippen molar-refractivity contribution in [3.05, 3.63) is 53.5 Å². The SMILES string of the molecule is C=CC(=O)N1C[C@@H](n2nc(C#Cc3c(Cl)cc4c(ncn4C)c3F)c3c(N)ncnc32)C[C@@H]1COC. The quantitative estimate of drug-likeness (QED) is 0.332.